The molecule has 4 heteroatoms. The molecule has 0 radical (unpaired) electrons. The minimum Gasteiger partial charge on any atom is -0.489 e. The molecule has 1 aliphatic heterocycles. The first-order valence-electron chi connectivity index (χ1n) is 12.4. The minimum absolute atomic E-state index is 0.0153. The van der Waals surface area contributed by atoms with Crippen molar-refractivity contribution < 1.29 is 14.6 Å². The first-order chi connectivity index (χ1) is 17.1. The van der Waals surface area contributed by atoms with Crippen molar-refractivity contribution in [1.29, 1.82) is 0 Å². The Balaban J connectivity index is 1.30. The number of hydrogen-bond donors (Lipinski definition) is 2. The molecule has 2 N–H and O–H groups in total. The Labute approximate surface area is 206 Å². The van der Waals surface area contributed by atoms with Crippen LogP contribution in [0.3, 0.4) is 0 Å². The molecule has 0 bridgehead atoms. The third-order valence-electron chi connectivity index (χ3n) is 7.06. The lowest BCUT2D eigenvalue weighted by molar-refractivity contribution is 0.0695. The van der Waals surface area contributed by atoms with Gasteiger partial charge in [-0.2, -0.15) is 0 Å². The van der Waals surface area contributed by atoms with E-state index in [1.54, 1.807) is 0 Å². The fraction of sp³-hybridized carbons (Fsp3) is 0.258. The van der Waals surface area contributed by atoms with Crippen molar-refractivity contribution in [3.8, 4) is 5.75 Å². The summed E-state index contributed by atoms with van der Waals surface area (Å²) in [5.74, 6) is 0.130. The summed E-state index contributed by atoms with van der Waals surface area (Å²) in [6.07, 6.45) is 2.48. The van der Waals surface area contributed by atoms with Gasteiger partial charge in [0.2, 0.25) is 0 Å². The monoisotopic (exact) mass is 465 g/mol. The van der Waals surface area contributed by atoms with Gasteiger partial charge in [-0.1, -0.05) is 79.7 Å². The summed E-state index contributed by atoms with van der Waals surface area (Å²) >= 11 is 0. The van der Waals surface area contributed by atoms with Gasteiger partial charge in [-0.3, -0.25) is 0 Å². The zero-order valence-electron chi connectivity index (χ0n) is 20.0. The summed E-state index contributed by atoms with van der Waals surface area (Å²) in [4.78, 5) is 11.9. The first kappa shape index (κ1) is 23.1. The summed E-state index contributed by atoms with van der Waals surface area (Å²) in [5.41, 5.74) is 4.78. The van der Waals surface area contributed by atoms with Crippen LogP contribution >= 0.6 is 0 Å². The Morgan fingerprint density at radius 2 is 1.77 bits per heavy atom. The zero-order chi connectivity index (χ0) is 24.2. The van der Waals surface area contributed by atoms with E-state index in [9.17, 15) is 9.90 Å². The number of rotatable bonds is 8. The number of aryl methyl sites for hydroxylation is 1. The summed E-state index contributed by atoms with van der Waals surface area (Å²) in [7, 11) is 0. The van der Waals surface area contributed by atoms with Crippen LogP contribution in [0.5, 0.6) is 5.75 Å². The second-order valence-electron chi connectivity index (χ2n) is 9.23. The molecule has 178 valence electrons. The Morgan fingerprint density at radius 1 is 0.971 bits per heavy atom. The summed E-state index contributed by atoms with van der Waals surface area (Å²) in [6.45, 7) is 3.61. The smallest absolute Gasteiger partial charge is 0.335 e. The van der Waals surface area contributed by atoms with Gasteiger partial charge in [-0.05, 0) is 65.4 Å². The molecule has 0 spiro atoms. The van der Waals surface area contributed by atoms with Gasteiger partial charge in [0.1, 0.15) is 11.9 Å². The number of para-hydroxylation sites is 1. The molecule has 35 heavy (non-hydrogen) atoms. The molecule has 0 fully saturated rings. The lowest BCUT2D eigenvalue weighted by Gasteiger charge is -2.33. The average molecular weight is 466 g/mol. The van der Waals surface area contributed by atoms with Crippen molar-refractivity contribution in [2.24, 2.45) is 0 Å². The molecule has 4 nitrogen and oxygen atoms in total. The van der Waals surface area contributed by atoms with Gasteiger partial charge in [-0.15, -0.1) is 0 Å². The van der Waals surface area contributed by atoms with Crippen LogP contribution in [0, 0.1) is 0 Å². The van der Waals surface area contributed by atoms with E-state index in [0.717, 1.165) is 48.4 Å². The normalized spacial score (nSPS) is 17.1. The summed E-state index contributed by atoms with van der Waals surface area (Å²) < 4.78 is 6.35. The van der Waals surface area contributed by atoms with E-state index in [4.69, 9.17) is 4.74 Å². The molecular formula is C31H31NO3. The summed E-state index contributed by atoms with van der Waals surface area (Å²) in [6, 6.07) is 29.0. The Kier molecular flexibility index (Phi) is 6.82. The third-order valence-corrected chi connectivity index (χ3v) is 7.06. The second-order valence-corrected chi connectivity index (χ2v) is 9.23. The molecule has 0 saturated carbocycles. The van der Waals surface area contributed by atoms with Crippen LogP contribution in [0.4, 0.5) is 0 Å². The molecule has 0 aromatic heterocycles. The van der Waals surface area contributed by atoms with E-state index >= 15 is 0 Å². The Morgan fingerprint density at radius 3 is 2.63 bits per heavy atom. The molecule has 0 aliphatic carbocycles. The SMILES string of the molecule is CCc1ccc([C@H]2C[C@H](CNCCc3cccc4ccccc34)Oc3ccccc32)cc1C(=O)O. The molecule has 1 heterocycles. The van der Waals surface area contributed by atoms with E-state index in [-0.39, 0.29) is 12.0 Å². The Hall–Kier alpha value is -3.63. The van der Waals surface area contributed by atoms with Crippen LogP contribution in [0.15, 0.2) is 84.9 Å². The highest BCUT2D eigenvalue weighted by molar-refractivity contribution is 5.89. The molecule has 4 aromatic rings. The average Bonchev–Trinajstić information content (AvgIpc) is 2.90. The van der Waals surface area contributed by atoms with Gasteiger partial charge in [0.25, 0.3) is 0 Å². The van der Waals surface area contributed by atoms with Crippen LogP contribution in [-0.2, 0) is 12.8 Å². The van der Waals surface area contributed by atoms with Crippen molar-refractivity contribution in [2.75, 3.05) is 13.1 Å². The van der Waals surface area contributed by atoms with E-state index < -0.39 is 5.97 Å². The number of benzene rings is 4. The van der Waals surface area contributed by atoms with E-state index in [2.05, 4.69) is 59.9 Å². The van der Waals surface area contributed by atoms with E-state index in [0.29, 0.717) is 12.0 Å². The third kappa shape index (κ3) is 4.94. The summed E-state index contributed by atoms with van der Waals surface area (Å²) in [5, 5.41) is 15.9. The molecule has 5 rings (SSSR count). The fourth-order valence-corrected chi connectivity index (χ4v) is 5.25. The lowest BCUT2D eigenvalue weighted by Crippen LogP contribution is -2.36. The van der Waals surface area contributed by atoms with Crippen LogP contribution in [0.1, 0.15) is 51.9 Å². The van der Waals surface area contributed by atoms with Crippen molar-refractivity contribution in [2.45, 2.75) is 38.2 Å². The van der Waals surface area contributed by atoms with Crippen LogP contribution in [0.25, 0.3) is 10.8 Å². The molecule has 2 atom stereocenters. The van der Waals surface area contributed by atoms with Gasteiger partial charge in [0, 0.05) is 18.0 Å². The number of ether oxygens (including phenoxy) is 1. The number of carboxylic acids is 1. The van der Waals surface area contributed by atoms with Crippen LogP contribution in [0.2, 0.25) is 0 Å². The first-order valence-corrected chi connectivity index (χ1v) is 12.4. The lowest BCUT2D eigenvalue weighted by atomic mass is 9.83. The molecule has 0 unspecified atom stereocenters. The fourth-order valence-electron chi connectivity index (χ4n) is 5.25. The maximum atomic E-state index is 11.9. The largest absolute Gasteiger partial charge is 0.489 e. The number of hydrogen-bond acceptors (Lipinski definition) is 3. The van der Waals surface area contributed by atoms with Gasteiger partial charge in [-0.25, -0.2) is 4.79 Å². The van der Waals surface area contributed by atoms with Gasteiger partial charge in [0.05, 0.1) is 5.56 Å². The number of nitrogens with one attached hydrogen (secondary N) is 1. The van der Waals surface area contributed by atoms with Crippen LogP contribution < -0.4 is 10.1 Å². The van der Waals surface area contributed by atoms with Crippen molar-refractivity contribution in [3.63, 3.8) is 0 Å². The highest BCUT2D eigenvalue weighted by atomic mass is 16.5. The maximum Gasteiger partial charge on any atom is 0.335 e. The second kappa shape index (κ2) is 10.3. The van der Waals surface area contributed by atoms with E-state index in [1.165, 1.54) is 16.3 Å². The van der Waals surface area contributed by atoms with E-state index in [1.807, 2.05) is 37.3 Å². The molecular weight excluding hydrogens is 434 g/mol. The quantitative estimate of drug-likeness (QED) is 0.304. The highest BCUT2D eigenvalue weighted by Gasteiger charge is 2.29. The van der Waals surface area contributed by atoms with Gasteiger partial charge in [0.15, 0.2) is 0 Å². The predicted octanol–water partition coefficient (Wildman–Crippen LogP) is 6.22. The number of carbonyl (C=O) groups is 1. The predicted molar refractivity (Wildman–Crippen MR) is 141 cm³/mol. The van der Waals surface area contributed by atoms with Gasteiger partial charge < -0.3 is 15.2 Å². The zero-order valence-corrected chi connectivity index (χ0v) is 20.0. The van der Waals surface area contributed by atoms with Crippen LogP contribution in [-0.4, -0.2) is 30.3 Å². The molecule has 0 saturated heterocycles. The number of carboxylic acid groups (broad SMARTS) is 1. The highest BCUT2D eigenvalue weighted by Crippen LogP contribution is 2.40. The van der Waals surface area contributed by atoms with Crippen molar-refractivity contribution >= 4 is 16.7 Å². The Bertz CT molecular complexity index is 1340. The van der Waals surface area contributed by atoms with Crippen molar-refractivity contribution in [1.82, 2.24) is 5.32 Å². The topological polar surface area (TPSA) is 58.6 Å². The molecule has 4 aromatic carbocycles. The number of fused-ring (bicyclic) bond motifs is 2. The molecule has 1 aliphatic rings. The van der Waals surface area contributed by atoms with Gasteiger partial charge >= 0.3 is 5.97 Å². The maximum absolute atomic E-state index is 11.9. The van der Waals surface area contributed by atoms with Crippen molar-refractivity contribution in [3.05, 3.63) is 113 Å². The number of aromatic carboxylic acids is 1. The standard InChI is InChI=1S/C31H31NO3/c1-2-21-14-15-24(18-29(21)31(33)34)28-19-25(35-30-13-6-5-12-27(28)30)20-32-17-16-23-10-7-9-22-8-3-4-11-26(22)23/h3-15,18,25,28,32H,2,16-17,19-20H2,1H3,(H,33,34)/t25-,28-/m1/s1. The minimum atomic E-state index is -0.865. The molecule has 0 amide bonds.